The average Bonchev–Trinajstić information content (AvgIpc) is 2.78. The number of halogens is 2. The van der Waals surface area contributed by atoms with Crippen LogP contribution in [0.25, 0.3) is 6.08 Å². The van der Waals surface area contributed by atoms with Crippen molar-refractivity contribution in [3.8, 4) is 5.75 Å². The third-order valence-electron chi connectivity index (χ3n) is 4.45. The zero-order chi connectivity index (χ0) is 24.2. The van der Waals surface area contributed by atoms with Crippen molar-refractivity contribution in [1.82, 2.24) is 4.90 Å². The Bertz CT molecular complexity index is 977. The Morgan fingerprint density at radius 2 is 1.79 bits per heavy atom. The molecule has 0 aliphatic rings. The summed E-state index contributed by atoms with van der Waals surface area (Å²) in [5.41, 5.74) is 2.12. The predicted octanol–water partition coefficient (Wildman–Crippen LogP) is 4.03. The molecule has 2 aromatic carbocycles. The quantitative estimate of drug-likeness (QED) is 0.404. The highest BCUT2D eigenvalue weighted by Crippen LogP contribution is 2.16. The number of esters is 1. The molecular weight excluding hydrogens is 434 g/mol. The van der Waals surface area contributed by atoms with Gasteiger partial charge in [-0.15, -0.1) is 0 Å². The Hall–Kier alpha value is -3.75. The summed E-state index contributed by atoms with van der Waals surface area (Å²) < 4.78 is 33.6. The summed E-state index contributed by atoms with van der Waals surface area (Å²) in [4.78, 5) is 38.1. The first-order valence-electron chi connectivity index (χ1n) is 10.3. The number of carbonyl (C=O) groups is 3. The summed E-state index contributed by atoms with van der Waals surface area (Å²) in [6.45, 7) is 0.471. The van der Waals surface area contributed by atoms with Gasteiger partial charge >= 0.3 is 12.6 Å². The highest BCUT2D eigenvalue weighted by atomic mass is 19.3. The first-order chi connectivity index (χ1) is 15.8. The molecule has 9 heteroatoms. The summed E-state index contributed by atoms with van der Waals surface area (Å²) in [5, 5.41) is 2.77. The molecule has 0 atom stereocenters. The van der Waals surface area contributed by atoms with Crippen LogP contribution in [0, 0.1) is 6.92 Å². The number of hydrogen-bond donors (Lipinski definition) is 1. The van der Waals surface area contributed by atoms with Gasteiger partial charge in [0.25, 0.3) is 5.91 Å². The lowest BCUT2D eigenvalue weighted by molar-refractivity contribution is -0.148. The van der Waals surface area contributed by atoms with Crippen molar-refractivity contribution in [3.05, 3.63) is 65.7 Å². The number of para-hydroxylation sites is 1. The number of amides is 2. The van der Waals surface area contributed by atoms with Crippen LogP contribution in [-0.4, -0.2) is 49.0 Å². The fourth-order valence-corrected chi connectivity index (χ4v) is 2.83. The summed E-state index contributed by atoms with van der Waals surface area (Å²) >= 11 is 0. The van der Waals surface area contributed by atoms with Crippen molar-refractivity contribution >= 4 is 29.5 Å². The smallest absolute Gasteiger partial charge is 0.387 e. The SMILES string of the molecule is CCCN(CC(=O)Nc1ccccc1C)C(=O)COC(=O)/C=C/c1ccc(OC(F)F)cc1. The van der Waals surface area contributed by atoms with Gasteiger partial charge in [0, 0.05) is 18.3 Å². The lowest BCUT2D eigenvalue weighted by atomic mass is 10.2. The molecule has 0 fully saturated rings. The maximum absolute atomic E-state index is 12.5. The second-order valence-corrected chi connectivity index (χ2v) is 7.07. The van der Waals surface area contributed by atoms with E-state index in [1.165, 1.54) is 35.2 Å². The van der Waals surface area contributed by atoms with E-state index in [9.17, 15) is 23.2 Å². The molecular formula is C24H26F2N2O5. The van der Waals surface area contributed by atoms with Gasteiger partial charge in [-0.05, 0) is 48.7 Å². The Kier molecular flexibility index (Phi) is 10.0. The van der Waals surface area contributed by atoms with E-state index in [0.29, 0.717) is 24.2 Å². The molecule has 1 N–H and O–H groups in total. The normalized spacial score (nSPS) is 10.8. The minimum Gasteiger partial charge on any atom is -0.452 e. The van der Waals surface area contributed by atoms with E-state index < -0.39 is 25.1 Å². The van der Waals surface area contributed by atoms with E-state index in [0.717, 1.165) is 11.6 Å². The lowest BCUT2D eigenvalue weighted by Crippen LogP contribution is -2.40. The molecule has 0 spiro atoms. The van der Waals surface area contributed by atoms with E-state index in [-0.39, 0.29) is 18.2 Å². The zero-order valence-corrected chi connectivity index (χ0v) is 18.4. The first kappa shape index (κ1) is 25.5. The van der Waals surface area contributed by atoms with Crippen LogP contribution in [0.5, 0.6) is 5.75 Å². The fourth-order valence-electron chi connectivity index (χ4n) is 2.83. The van der Waals surface area contributed by atoms with Gasteiger partial charge in [0.1, 0.15) is 5.75 Å². The van der Waals surface area contributed by atoms with Crippen molar-refractivity contribution < 1.29 is 32.6 Å². The maximum atomic E-state index is 12.5. The highest BCUT2D eigenvalue weighted by Gasteiger charge is 2.18. The fraction of sp³-hybridized carbons (Fsp3) is 0.292. The monoisotopic (exact) mass is 460 g/mol. The number of anilines is 1. The van der Waals surface area contributed by atoms with Gasteiger partial charge in [-0.3, -0.25) is 9.59 Å². The minimum absolute atomic E-state index is 0.00204. The molecule has 33 heavy (non-hydrogen) atoms. The number of ether oxygens (including phenoxy) is 2. The van der Waals surface area contributed by atoms with Crippen molar-refractivity contribution in [2.75, 3.05) is 25.0 Å². The van der Waals surface area contributed by atoms with Crippen molar-refractivity contribution in [3.63, 3.8) is 0 Å². The molecule has 0 unspecified atom stereocenters. The number of nitrogens with one attached hydrogen (secondary N) is 1. The van der Waals surface area contributed by atoms with Crippen LogP contribution in [0.4, 0.5) is 14.5 Å². The van der Waals surface area contributed by atoms with Crippen LogP contribution in [0.1, 0.15) is 24.5 Å². The molecule has 0 radical (unpaired) electrons. The topological polar surface area (TPSA) is 84.9 Å². The number of rotatable bonds is 11. The van der Waals surface area contributed by atoms with Gasteiger partial charge in [0.05, 0.1) is 6.54 Å². The van der Waals surface area contributed by atoms with Crippen LogP contribution in [0.2, 0.25) is 0 Å². The zero-order valence-electron chi connectivity index (χ0n) is 18.4. The van der Waals surface area contributed by atoms with E-state index in [1.54, 1.807) is 12.1 Å². The second-order valence-electron chi connectivity index (χ2n) is 7.07. The van der Waals surface area contributed by atoms with Crippen LogP contribution >= 0.6 is 0 Å². The number of alkyl halides is 2. The van der Waals surface area contributed by atoms with Gasteiger partial charge in [0.15, 0.2) is 6.61 Å². The second kappa shape index (κ2) is 12.9. The standard InChI is InChI=1S/C24H26F2N2O5/c1-3-14-28(15-21(29)27-20-7-5-4-6-17(20)2)22(30)16-32-23(31)13-10-18-8-11-19(12-9-18)33-24(25)26/h4-13,24H,3,14-16H2,1-2H3,(H,27,29)/b13-10+. The predicted molar refractivity (Wildman–Crippen MR) is 120 cm³/mol. The Morgan fingerprint density at radius 1 is 1.09 bits per heavy atom. The first-order valence-corrected chi connectivity index (χ1v) is 10.3. The van der Waals surface area contributed by atoms with E-state index in [1.807, 2.05) is 26.0 Å². The van der Waals surface area contributed by atoms with E-state index in [4.69, 9.17) is 4.74 Å². The number of benzene rings is 2. The van der Waals surface area contributed by atoms with Gasteiger partial charge in [-0.25, -0.2) is 4.79 Å². The molecule has 0 aromatic heterocycles. The summed E-state index contributed by atoms with van der Waals surface area (Å²) in [7, 11) is 0. The van der Waals surface area contributed by atoms with Crippen molar-refractivity contribution in [2.45, 2.75) is 26.9 Å². The molecule has 0 bridgehead atoms. The number of hydrogen-bond acceptors (Lipinski definition) is 5. The highest BCUT2D eigenvalue weighted by molar-refractivity contribution is 5.95. The van der Waals surface area contributed by atoms with Gasteiger partial charge in [-0.2, -0.15) is 8.78 Å². The molecule has 176 valence electrons. The minimum atomic E-state index is -2.92. The molecule has 2 aromatic rings. The lowest BCUT2D eigenvalue weighted by Gasteiger charge is -2.21. The van der Waals surface area contributed by atoms with Crippen molar-refractivity contribution in [2.24, 2.45) is 0 Å². The van der Waals surface area contributed by atoms with Gasteiger partial charge < -0.3 is 19.7 Å². The molecule has 2 amide bonds. The van der Waals surface area contributed by atoms with Crippen LogP contribution in [0.15, 0.2) is 54.6 Å². The summed E-state index contributed by atoms with van der Waals surface area (Å²) in [5.74, 6) is -1.60. The van der Waals surface area contributed by atoms with Crippen LogP contribution in [0.3, 0.4) is 0 Å². The molecule has 0 heterocycles. The number of aryl methyl sites for hydroxylation is 1. The van der Waals surface area contributed by atoms with Gasteiger partial charge in [-0.1, -0.05) is 37.3 Å². The molecule has 0 saturated heterocycles. The maximum Gasteiger partial charge on any atom is 0.387 e. The van der Waals surface area contributed by atoms with Crippen LogP contribution < -0.4 is 10.1 Å². The molecule has 7 nitrogen and oxygen atoms in total. The van der Waals surface area contributed by atoms with Crippen molar-refractivity contribution in [1.29, 1.82) is 0 Å². The molecule has 0 aliphatic carbocycles. The summed E-state index contributed by atoms with van der Waals surface area (Å²) in [6.07, 6.45) is 3.16. The van der Waals surface area contributed by atoms with E-state index in [2.05, 4.69) is 10.1 Å². The Labute approximate surface area is 191 Å². The third-order valence-corrected chi connectivity index (χ3v) is 4.45. The largest absolute Gasteiger partial charge is 0.452 e. The molecule has 0 saturated carbocycles. The average molecular weight is 460 g/mol. The van der Waals surface area contributed by atoms with E-state index >= 15 is 0 Å². The summed E-state index contributed by atoms with van der Waals surface area (Å²) in [6, 6.07) is 12.9. The Morgan fingerprint density at radius 3 is 2.42 bits per heavy atom. The molecule has 0 aliphatic heterocycles. The van der Waals surface area contributed by atoms with Gasteiger partial charge in [0.2, 0.25) is 5.91 Å². The number of nitrogens with zero attached hydrogens (tertiary/aromatic N) is 1. The Balaban J connectivity index is 1.85. The van der Waals surface area contributed by atoms with Crippen LogP contribution in [-0.2, 0) is 19.1 Å². The number of carbonyl (C=O) groups excluding carboxylic acids is 3. The third kappa shape index (κ3) is 9.10. The molecule has 2 rings (SSSR count).